The molecule has 0 radical (unpaired) electrons. The first-order chi connectivity index (χ1) is 8.24. The number of rotatable bonds is 3. The number of nitrogens with two attached hydrogens (primary N) is 1. The van der Waals surface area contributed by atoms with Crippen LogP contribution in [0, 0.1) is 0 Å². The van der Waals surface area contributed by atoms with Crippen LogP contribution in [-0.4, -0.2) is 19.2 Å². The first-order valence-electron chi connectivity index (χ1n) is 5.18. The molecule has 0 aliphatic carbocycles. The van der Waals surface area contributed by atoms with E-state index in [-0.39, 0.29) is 0 Å². The minimum atomic E-state index is 0.647. The van der Waals surface area contributed by atoms with Crippen molar-refractivity contribution in [2.45, 2.75) is 0 Å². The normalized spacial score (nSPS) is 10.0. The molecule has 1 aromatic carbocycles. The van der Waals surface area contributed by atoms with Gasteiger partial charge in [-0.15, -0.1) is 0 Å². The van der Waals surface area contributed by atoms with Crippen molar-refractivity contribution in [3.8, 4) is 22.8 Å². The van der Waals surface area contributed by atoms with Crippen molar-refractivity contribution in [2.75, 3.05) is 20.0 Å². The van der Waals surface area contributed by atoms with Gasteiger partial charge in [0.25, 0.3) is 0 Å². The third-order valence-electron chi connectivity index (χ3n) is 2.47. The van der Waals surface area contributed by atoms with E-state index < -0.39 is 0 Å². The molecule has 0 saturated heterocycles. The van der Waals surface area contributed by atoms with E-state index in [1.165, 1.54) is 0 Å². The van der Waals surface area contributed by atoms with Crippen LogP contribution in [0.4, 0.5) is 5.69 Å². The summed E-state index contributed by atoms with van der Waals surface area (Å²) in [4.78, 5) is 4.26. The predicted octanol–water partition coefficient (Wildman–Crippen LogP) is 2.35. The predicted molar refractivity (Wildman–Crippen MR) is 67.2 cm³/mol. The lowest BCUT2D eigenvalue weighted by Gasteiger charge is -2.09. The molecule has 0 aliphatic rings. The maximum Gasteiger partial charge on any atom is 0.161 e. The Morgan fingerprint density at radius 1 is 1.00 bits per heavy atom. The van der Waals surface area contributed by atoms with Gasteiger partial charge in [-0.05, 0) is 30.3 Å². The van der Waals surface area contributed by atoms with Crippen molar-refractivity contribution in [3.05, 3.63) is 36.5 Å². The smallest absolute Gasteiger partial charge is 0.161 e. The highest BCUT2D eigenvalue weighted by Crippen LogP contribution is 2.31. The fraction of sp³-hybridized carbons (Fsp3) is 0.154. The van der Waals surface area contributed by atoms with E-state index in [9.17, 15) is 0 Å². The second kappa shape index (κ2) is 4.74. The highest BCUT2D eigenvalue weighted by Gasteiger charge is 2.06. The van der Waals surface area contributed by atoms with E-state index >= 15 is 0 Å². The van der Waals surface area contributed by atoms with Crippen LogP contribution in [0.5, 0.6) is 11.5 Å². The van der Waals surface area contributed by atoms with Crippen molar-refractivity contribution >= 4 is 5.69 Å². The topological polar surface area (TPSA) is 57.4 Å². The Balaban J connectivity index is 2.42. The molecule has 2 rings (SSSR count). The van der Waals surface area contributed by atoms with Gasteiger partial charge in [0.05, 0.1) is 31.8 Å². The maximum absolute atomic E-state index is 5.60. The number of aromatic nitrogens is 1. The number of hydrogen-bond acceptors (Lipinski definition) is 4. The fourth-order valence-corrected chi connectivity index (χ4v) is 1.57. The molecule has 1 heterocycles. The van der Waals surface area contributed by atoms with E-state index in [4.69, 9.17) is 15.2 Å². The number of anilines is 1. The average Bonchev–Trinajstić information content (AvgIpc) is 2.39. The van der Waals surface area contributed by atoms with E-state index in [0.29, 0.717) is 17.2 Å². The second-order valence-electron chi connectivity index (χ2n) is 3.55. The van der Waals surface area contributed by atoms with Crippen molar-refractivity contribution in [2.24, 2.45) is 0 Å². The largest absolute Gasteiger partial charge is 0.493 e. The first kappa shape index (κ1) is 11.3. The van der Waals surface area contributed by atoms with E-state index in [0.717, 1.165) is 11.3 Å². The molecule has 0 bridgehead atoms. The van der Waals surface area contributed by atoms with Crippen LogP contribution in [0.1, 0.15) is 0 Å². The summed E-state index contributed by atoms with van der Waals surface area (Å²) in [5, 5.41) is 0. The molecule has 0 fully saturated rings. The zero-order valence-corrected chi connectivity index (χ0v) is 9.81. The summed E-state index contributed by atoms with van der Waals surface area (Å²) in [5.41, 5.74) is 8.05. The number of ether oxygens (including phenoxy) is 2. The highest BCUT2D eigenvalue weighted by molar-refractivity contribution is 5.64. The maximum atomic E-state index is 5.60. The molecule has 4 nitrogen and oxygen atoms in total. The molecule has 4 heteroatoms. The van der Waals surface area contributed by atoms with Crippen molar-refractivity contribution in [1.29, 1.82) is 0 Å². The molecule has 17 heavy (non-hydrogen) atoms. The summed E-state index contributed by atoms with van der Waals surface area (Å²) in [6.45, 7) is 0. The molecule has 88 valence electrons. The highest BCUT2D eigenvalue weighted by atomic mass is 16.5. The van der Waals surface area contributed by atoms with Gasteiger partial charge in [-0.2, -0.15) is 0 Å². The van der Waals surface area contributed by atoms with Gasteiger partial charge in [0, 0.05) is 5.56 Å². The van der Waals surface area contributed by atoms with Gasteiger partial charge in [-0.3, -0.25) is 4.98 Å². The number of hydrogen-bond donors (Lipinski definition) is 1. The summed E-state index contributed by atoms with van der Waals surface area (Å²) in [6.07, 6.45) is 1.63. The standard InChI is InChI=1S/C13H14N2O2/c1-16-12-6-3-9(7-13(12)17-2)11-5-4-10(14)8-15-11/h3-8H,14H2,1-2H3. The summed E-state index contributed by atoms with van der Waals surface area (Å²) in [5.74, 6) is 1.38. The zero-order chi connectivity index (χ0) is 12.3. The molecular formula is C13H14N2O2. The van der Waals surface area contributed by atoms with Gasteiger partial charge in [-0.25, -0.2) is 0 Å². The monoisotopic (exact) mass is 230 g/mol. The average molecular weight is 230 g/mol. The van der Waals surface area contributed by atoms with Crippen molar-refractivity contribution in [3.63, 3.8) is 0 Å². The van der Waals surface area contributed by atoms with Crippen LogP contribution in [0.3, 0.4) is 0 Å². The summed E-state index contributed by atoms with van der Waals surface area (Å²) in [6, 6.07) is 9.36. The molecule has 0 aliphatic heterocycles. The van der Waals surface area contributed by atoms with Crippen LogP contribution in [0.25, 0.3) is 11.3 Å². The molecule has 0 spiro atoms. The molecule has 2 N–H and O–H groups in total. The van der Waals surface area contributed by atoms with Crippen LogP contribution in [0.15, 0.2) is 36.5 Å². The zero-order valence-electron chi connectivity index (χ0n) is 9.81. The van der Waals surface area contributed by atoms with E-state index in [1.54, 1.807) is 20.4 Å². The summed E-state index contributed by atoms with van der Waals surface area (Å²) < 4.78 is 10.4. The molecule has 0 unspecified atom stereocenters. The molecule has 1 aromatic heterocycles. The van der Waals surface area contributed by atoms with Crippen LogP contribution < -0.4 is 15.2 Å². The van der Waals surface area contributed by atoms with Crippen molar-refractivity contribution in [1.82, 2.24) is 4.98 Å². The molecule has 0 saturated carbocycles. The fourth-order valence-electron chi connectivity index (χ4n) is 1.57. The minimum Gasteiger partial charge on any atom is -0.493 e. The third kappa shape index (κ3) is 2.30. The van der Waals surface area contributed by atoms with Gasteiger partial charge in [0.15, 0.2) is 11.5 Å². The Morgan fingerprint density at radius 2 is 1.76 bits per heavy atom. The Morgan fingerprint density at radius 3 is 2.35 bits per heavy atom. The summed E-state index contributed by atoms with van der Waals surface area (Å²) >= 11 is 0. The molecular weight excluding hydrogens is 216 g/mol. The van der Waals surface area contributed by atoms with Crippen LogP contribution in [-0.2, 0) is 0 Å². The first-order valence-corrected chi connectivity index (χ1v) is 5.18. The second-order valence-corrected chi connectivity index (χ2v) is 3.55. The Labute approximate surface area is 100 Å². The van der Waals surface area contributed by atoms with Crippen LogP contribution in [0.2, 0.25) is 0 Å². The lowest BCUT2D eigenvalue weighted by molar-refractivity contribution is 0.355. The number of pyridine rings is 1. The number of nitrogen functional groups attached to an aromatic ring is 1. The Hall–Kier alpha value is -2.23. The molecule has 0 amide bonds. The van der Waals surface area contributed by atoms with Gasteiger partial charge in [-0.1, -0.05) is 0 Å². The van der Waals surface area contributed by atoms with Gasteiger partial charge < -0.3 is 15.2 Å². The van der Waals surface area contributed by atoms with Gasteiger partial charge in [0.1, 0.15) is 0 Å². The third-order valence-corrected chi connectivity index (χ3v) is 2.47. The lowest BCUT2D eigenvalue weighted by atomic mass is 10.1. The van der Waals surface area contributed by atoms with Gasteiger partial charge in [0.2, 0.25) is 0 Å². The molecule has 2 aromatic rings. The van der Waals surface area contributed by atoms with Gasteiger partial charge >= 0.3 is 0 Å². The SMILES string of the molecule is COc1ccc(-c2ccc(N)cn2)cc1OC. The molecule has 0 atom stereocenters. The van der Waals surface area contributed by atoms with E-state index in [1.807, 2.05) is 30.3 Å². The summed E-state index contributed by atoms with van der Waals surface area (Å²) in [7, 11) is 3.22. The number of methoxy groups -OCH3 is 2. The quantitative estimate of drug-likeness (QED) is 0.879. The number of benzene rings is 1. The van der Waals surface area contributed by atoms with Crippen LogP contribution >= 0.6 is 0 Å². The lowest BCUT2D eigenvalue weighted by Crippen LogP contribution is -1.92. The Bertz CT molecular complexity index is 509. The van der Waals surface area contributed by atoms with Crippen molar-refractivity contribution < 1.29 is 9.47 Å². The van der Waals surface area contributed by atoms with E-state index in [2.05, 4.69) is 4.98 Å². The Kier molecular flexibility index (Phi) is 3.14. The number of nitrogens with zero attached hydrogens (tertiary/aromatic N) is 1. The minimum absolute atomic E-state index is 0.647.